The smallest absolute Gasteiger partial charge is 0.303 e. The third-order valence-corrected chi connectivity index (χ3v) is 12.9. The van der Waals surface area contributed by atoms with E-state index in [4.69, 9.17) is 16.0 Å². The zero-order valence-electron chi connectivity index (χ0n) is 24.9. The standard InChI is InChI=1S/C30H47ClN4O3Si/c1-20(2)19-35(23-10-12-24(13-11-23)38-39(7,8)30(4,5)6)26-14-9-22(21(3)15-29(36)37)16-25(26)34-28-18-32-27(31)17-33-28/h9,14,16-18,20-21,23-24H,10-13,15,19H2,1-8H3,(H,33,34)(H,36,37)/t21-,23?,24?/m1/s1. The summed E-state index contributed by atoms with van der Waals surface area (Å²) in [7, 11) is -1.80. The monoisotopic (exact) mass is 574 g/mol. The molecule has 1 saturated carbocycles. The molecule has 1 heterocycles. The Morgan fingerprint density at radius 3 is 2.36 bits per heavy atom. The molecule has 3 rings (SSSR count). The maximum absolute atomic E-state index is 11.4. The van der Waals surface area contributed by atoms with Crippen molar-refractivity contribution in [3.8, 4) is 0 Å². The molecule has 0 radical (unpaired) electrons. The van der Waals surface area contributed by atoms with Gasteiger partial charge in [0, 0.05) is 18.7 Å². The largest absolute Gasteiger partial charge is 0.481 e. The molecule has 0 unspecified atom stereocenters. The van der Waals surface area contributed by atoms with Crippen LogP contribution in [-0.4, -0.2) is 48.1 Å². The normalized spacial score (nSPS) is 19.1. The SMILES string of the molecule is CC(C)CN(c1ccc([C@H](C)CC(=O)O)cc1Nc1cnc(Cl)cn1)C1CCC(O[Si](C)(C)C(C)(C)C)CC1. The highest BCUT2D eigenvalue weighted by Crippen LogP contribution is 2.41. The Kier molecular flexibility index (Phi) is 10.5. The van der Waals surface area contributed by atoms with Gasteiger partial charge in [0.1, 0.15) is 11.0 Å². The molecule has 0 saturated heterocycles. The lowest BCUT2D eigenvalue weighted by Crippen LogP contribution is -2.47. The number of halogens is 1. The number of carbonyl (C=O) groups is 1. The van der Waals surface area contributed by atoms with E-state index in [9.17, 15) is 9.90 Å². The molecule has 216 valence electrons. The summed E-state index contributed by atoms with van der Waals surface area (Å²) >= 11 is 5.97. The second-order valence-electron chi connectivity index (χ2n) is 13.0. The van der Waals surface area contributed by atoms with E-state index in [0.29, 0.717) is 29.0 Å². The fourth-order valence-corrected chi connectivity index (χ4v) is 6.53. The first-order chi connectivity index (χ1) is 18.2. The summed E-state index contributed by atoms with van der Waals surface area (Å²) in [6.45, 7) is 19.0. The molecule has 2 aromatic rings. The molecule has 0 amide bonds. The lowest BCUT2D eigenvalue weighted by molar-refractivity contribution is -0.137. The van der Waals surface area contributed by atoms with Gasteiger partial charge in [-0.15, -0.1) is 0 Å². The number of aromatic nitrogens is 2. The van der Waals surface area contributed by atoms with E-state index in [-0.39, 0.29) is 17.4 Å². The summed E-state index contributed by atoms with van der Waals surface area (Å²) in [5.74, 6) is 0.150. The number of anilines is 3. The van der Waals surface area contributed by atoms with Crippen molar-refractivity contribution < 1.29 is 14.3 Å². The molecule has 1 aliphatic carbocycles. The van der Waals surface area contributed by atoms with Gasteiger partial charge in [0.2, 0.25) is 0 Å². The molecular formula is C30H47ClN4O3Si. The molecule has 2 N–H and O–H groups in total. The number of benzene rings is 1. The number of hydrogen-bond acceptors (Lipinski definition) is 6. The predicted molar refractivity (Wildman–Crippen MR) is 164 cm³/mol. The molecule has 9 heteroatoms. The van der Waals surface area contributed by atoms with E-state index >= 15 is 0 Å². The van der Waals surface area contributed by atoms with Gasteiger partial charge in [-0.2, -0.15) is 0 Å². The van der Waals surface area contributed by atoms with Crippen LogP contribution in [0.1, 0.15) is 85.1 Å². The molecule has 0 aliphatic heterocycles. The van der Waals surface area contributed by atoms with Crippen molar-refractivity contribution in [3.05, 3.63) is 41.3 Å². The van der Waals surface area contributed by atoms with Gasteiger partial charge in [-0.25, -0.2) is 9.97 Å². The summed E-state index contributed by atoms with van der Waals surface area (Å²) < 4.78 is 6.78. The minimum Gasteiger partial charge on any atom is -0.481 e. The topological polar surface area (TPSA) is 87.6 Å². The molecule has 1 aromatic heterocycles. The van der Waals surface area contributed by atoms with Gasteiger partial charge in [-0.1, -0.05) is 59.2 Å². The van der Waals surface area contributed by atoms with Gasteiger partial charge in [0.05, 0.1) is 30.2 Å². The van der Waals surface area contributed by atoms with E-state index in [2.05, 4.69) is 86.1 Å². The van der Waals surface area contributed by atoms with E-state index in [0.717, 1.165) is 49.2 Å². The number of hydrogen-bond donors (Lipinski definition) is 2. The summed E-state index contributed by atoms with van der Waals surface area (Å²) in [6, 6.07) is 6.67. The Morgan fingerprint density at radius 2 is 1.82 bits per heavy atom. The number of rotatable bonds is 11. The van der Waals surface area contributed by atoms with Gasteiger partial charge in [0.15, 0.2) is 8.32 Å². The van der Waals surface area contributed by atoms with Crippen molar-refractivity contribution >= 4 is 43.1 Å². The Balaban J connectivity index is 1.90. The second-order valence-corrected chi connectivity index (χ2v) is 18.1. The second kappa shape index (κ2) is 13.0. The lowest BCUT2D eigenvalue weighted by atomic mass is 9.90. The molecule has 1 aliphatic rings. The predicted octanol–water partition coefficient (Wildman–Crippen LogP) is 8.25. The molecule has 39 heavy (non-hydrogen) atoms. The third kappa shape index (κ3) is 8.66. The van der Waals surface area contributed by atoms with Gasteiger partial charge < -0.3 is 19.7 Å². The maximum atomic E-state index is 11.4. The lowest BCUT2D eigenvalue weighted by Gasteiger charge is -2.44. The molecule has 0 spiro atoms. The molecule has 7 nitrogen and oxygen atoms in total. The van der Waals surface area contributed by atoms with Crippen molar-refractivity contribution in [1.29, 1.82) is 0 Å². The minimum absolute atomic E-state index is 0.0769. The molecule has 1 atom stereocenters. The van der Waals surface area contributed by atoms with Crippen LogP contribution in [0.4, 0.5) is 17.2 Å². The number of nitrogens with zero attached hydrogens (tertiary/aromatic N) is 3. The van der Waals surface area contributed by atoms with Crippen LogP contribution in [0.5, 0.6) is 0 Å². The van der Waals surface area contributed by atoms with Crippen molar-refractivity contribution in [3.63, 3.8) is 0 Å². The zero-order chi connectivity index (χ0) is 29.0. The first-order valence-electron chi connectivity index (χ1n) is 14.2. The highest BCUT2D eigenvalue weighted by molar-refractivity contribution is 6.74. The quantitative estimate of drug-likeness (QED) is 0.261. The van der Waals surface area contributed by atoms with Crippen molar-refractivity contribution in [2.24, 2.45) is 5.92 Å². The van der Waals surface area contributed by atoms with Crippen LogP contribution in [0, 0.1) is 5.92 Å². The van der Waals surface area contributed by atoms with Crippen LogP contribution < -0.4 is 10.2 Å². The molecular weight excluding hydrogens is 528 g/mol. The van der Waals surface area contributed by atoms with Crippen molar-refractivity contribution in [2.75, 3.05) is 16.8 Å². The number of carboxylic acid groups (broad SMARTS) is 1. The number of aliphatic carboxylic acids is 1. The van der Waals surface area contributed by atoms with E-state index in [1.54, 1.807) is 6.20 Å². The first-order valence-corrected chi connectivity index (χ1v) is 17.5. The van der Waals surface area contributed by atoms with Crippen LogP contribution in [0.3, 0.4) is 0 Å². The van der Waals surface area contributed by atoms with E-state index in [1.165, 1.54) is 6.20 Å². The fourth-order valence-electron chi connectivity index (χ4n) is 5.01. The first kappa shape index (κ1) is 31.4. The summed E-state index contributed by atoms with van der Waals surface area (Å²) in [6.07, 6.45) is 7.81. The highest BCUT2D eigenvalue weighted by atomic mass is 35.5. The number of nitrogens with one attached hydrogen (secondary N) is 1. The Bertz CT molecular complexity index is 1100. The summed E-state index contributed by atoms with van der Waals surface area (Å²) in [5.41, 5.74) is 2.98. The molecule has 1 fully saturated rings. The van der Waals surface area contributed by atoms with Gasteiger partial charge in [0.25, 0.3) is 0 Å². The molecule has 1 aromatic carbocycles. The van der Waals surface area contributed by atoms with E-state index < -0.39 is 14.3 Å². The minimum atomic E-state index is -1.80. The van der Waals surface area contributed by atoms with Crippen LogP contribution in [0.25, 0.3) is 0 Å². The van der Waals surface area contributed by atoms with Gasteiger partial charge >= 0.3 is 5.97 Å². The Labute approximate surface area is 240 Å². The molecule has 0 bridgehead atoms. The summed E-state index contributed by atoms with van der Waals surface area (Å²) in [5, 5.41) is 13.4. The third-order valence-electron chi connectivity index (χ3n) is 8.18. The van der Waals surface area contributed by atoms with Crippen LogP contribution in [-0.2, 0) is 9.22 Å². The van der Waals surface area contributed by atoms with Crippen LogP contribution >= 0.6 is 11.6 Å². The maximum Gasteiger partial charge on any atom is 0.303 e. The Morgan fingerprint density at radius 1 is 1.15 bits per heavy atom. The highest BCUT2D eigenvalue weighted by Gasteiger charge is 2.40. The van der Waals surface area contributed by atoms with Gasteiger partial charge in [-0.05, 0) is 73.3 Å². The average Bonchev–Trinajstić information content (AvgIpc) is 2.83. The van der Waals surface area contributed by atoms with Crippen LogP contribution in [0.15, 0.2) is 30.6 Å². The average molecular weight is 575 g/mol. The number of carboxylic acids is 1. The van der Waals surface area contributed by atoms with Crippen molar-refractivity contribution in [1.82, 2.24) is 9.97 Å². The zero-order valence-corrected chi connectivity index (χ0v) is 26.7. The van der Waals surface area contributed by atoms with Crippen molar-refractivity contribution in [2.45, 2.75) is 110 Å². The fraction of sp³-hybridized carbons (Fsp3) is 0.633. The van der Waals surface area contributed by atoms with Crippen LogP contribution in [0.2, 0.25) is 23.3 Å². The van der Waals surface area contributed by atoms with Gasteiger partial charge in [-0.3, -0.25) is 4.79 Å². The van der Waals surface area contributed by atoms with E-state index in [1.807, 2.05) is 6.92 Å². The Hall–Kier alpha value is -2.16. The summed E-state index contributed by atoms with van der Waals surface area (Å²) in [4.78, 5) is 22.5.